The average Bonchev–Trinajstić information content (AvgIpc) is 2.80. The van der Waals surface area contributed by atoms with Gasteiger partial charge in [-0.05, 0) is 59.6 Å². The predicted octanol–water partition coefficient (Wildman–Crippen LogP) is 8.58. The van der Waals surface area contributed by atoms with Gasteiger partial charge in [0.2, 0.25) is 0 Å². The fourth-order valence-electron chi connectivity index (χ4n) is 4.53. The summed E-state index contributed by atoms with van der Waals surface area (Å²) < 4.78 is 0. The van der Waals surface area contributed by atoms with Crippen LogP contribution in [0.3, 0.4) is 0 Å². The van der Waals surface area contributed by atoms with Gasteiger partial charge < -0.3 is 4.90 Å². The van der Waals surface area contributed by atoms with Gasteiger partial charge in [0.15, 0.2) is 0 Å². The van der Waals surface area contributed by atoms with Gasteiger partial charge in [0, 0.05) is 34.3 Å². The molecule has 2 aliphatic rings. The van der Waals surface area contributed by atoms with Gasteiger partial charge in [0.25, 0.3) is 0 Å². The zero-order valence-corrected chi connectivity index (χ0v) is 19.8. The Morgan fingerprint density at radius 2 is 1.77 bits per heavy atom. The maximum absolute atomic E-state index is 4.50. The van der Waals surface area contributed by atoms with Crippen LogP contribution in [0.2, 0.25) is 0 Å². The summed E-state index contributed by atoms with van der Waals surface area (Å²) in [6, 6.07) is 17.5. The lowest BCUT2D eigenvalue weighted by molar-refractivity contribution is 0.429. The molecule has 160 valence electrons. The van der Waals surface area contributed by atoms with Crippen LogP contribution in [0.15, 0.2) is 94.9 Å². The van der Waals surface area contributed by atoms with E-state index in [1.54, 1.807) is 0 Å². The lowest BCUT2D eigenvalue weighted by Crippen LogP contribution is -2.13. The topological polar surface area (TPSA) is 3.24 Å². The number of hydrogen-bond donors (Lipinski definition) is 0. The van der Waals surface area contributed by atoms with Crippen molar-refractivity contribution in [1.82, 2.24) is 0 Å². The number of benzene rings is 2. The average molecular weight is 428 g/mol. The first-order valence-electron chi connectivity index (χ1n) is 11.4. The van der Waals surface area contributed by atoms with E-state index in [-0.39, 0.29) is 0 Å². The zero-order valence-electron chi connectivity index (χ0n) is 19.0. The molecule has 0 aliphatic carbocycles. The Kier molecular flexibility index (Phi) is 6.87. The molecule has 0 amide bonds. The number of hydrogen-bond acceptors (Lipinski definition) is 2. The van der Waals surface area contributed by atoms with Crippen molar-refractivity contribution in [3.8, 4) is 0 Å². The van der Waals surface area contributed by atoms with Gasteiger partial charge in [-0.1, -0.05) is 93.6 Å². The number of thioether (sulfide) groups is 1. The third-order valence-corrected chi connectivity index (χ3v) is 7.85. The Morgan fingerprint density at radius 1 is 1.00 bits per heavy atom. The normalized spacial score (nSPS) is 24.6. The zero-order chi connectivity index (χ0) is 21.8. The van der Waals surface area contributed by atoms with Gasteiger partial charge in [-0.3, -0.25) is 0 Å². The lowest BCUT2D eigenvalue weighted by atomic mass is 9.85. The summed E-state index contributed by atoms with van der Waals surface area (Å²) in [5.41, 5.74) is 6.62. The summed E-state index contributed by atoms with van der Waals surface area (Å²) in [4.78, 5) is 4.72. The molecule has 2 heterocycles. The van der Waals surface area contributed by atoms with E-state index < -0.39 is 0 Å². The molecular formula is C29H33NS. The molecule has 1 nitrogen and oxygen atoms in total. The monoisotopic (exact) mass is 427 g/mol. The summed E-state index contributed by atoms with van der Waals surface area (Å²) in [5, 5.41) is 0. The van der Waals surface area contributed by atoms with Crippen LogP contribution in [0.4, 0.5) is 5.69 Å². The van der Waals surface area contributed by atoms with Crippen molar-refractivity contribution >= 4 is 23.0 Å². The van der Waals surface area contributed by atoms with Crippen LogP contribution in [0.5, 0.6) is 0 Å². The molecule has 2 unspecified atom stereocenters. The molecule has 0 saturated carbocycles. The molecule has 31 heavy (non-hydrogen) atoms. The third kappa shape index (κ3) is 4.91. The van der Waals surface area contributed by atoms with Gasteiger partial charge in [0.05, 0.1) is 0 Å². The number of nitrogens with zero attached hydrogens (tertiary/aromatic N) is 1. The van der Waals surface area contributed by atoms with Gasteiger partial charge in [0.1, 0.15) is 0 Å². The second-order valence-corrected chi connectivity index (χ2v) is 9.97. The van der Waals surface area contributed by atoms with Crippen molar-refractivity contribution in [2.75, 3.05) is 11.9 Å². The standard InChI is InChI=1S/C29H33NS/c1-21-11-5-6-12-24(23(3)31-29-16-10-8-13-26(29)22(21)2)17-18-25-19-20-30(4)28-15-9-7-14-27(25)28/h7-10,13-22H,3,5-6,11-12H2,1-2,4H3/b24-17+,25-18+. The Bertz CT molecular complexity index is 1040. The molecule has 0 aromatic heterocycles. The van der Waals surface area contributed by atoms with E-state index in [2.05, 4.69) is 105 Å². The number of fused-ring (bicyclic) bond motifs is 2. The third-order valence-electron chi connectivity index (χ3n) is 6.75. The highest BCUT2D eigenvalue weighted by molar-refractivity contribution is 8.03. The van der Waals surface area contributed by atoms with Crippen LogP contribution in [0, 0.1) is 5.92 Å². The maximum atomic E-state index is 4.50. The summed E-state index contributed by atoms with van der Waals surface area (Å²) in [5.74, 6) is 1.27. The smallest absolute Gasteiger partial charge is 0.0483 e. The van der Waals surface area contributed by atoms with Crippen molar-refractivity contribution in [3.63, 3.8) is 0 Å². The first-order valence-corrected chi connectivity index (χ1v) is 12.2. The minimum atomic E-state index is 0.574. The van der Waals surface area contributed by atoms with E-state index in [9.17, 15) is 0 Å². The van der Waals surface area contributed by atoms with E-state index in [1.165, 1.54) is 57.0 Å². The SMILES string of the molecule is C=C1Sc2ccccc2C(C)C(C)CCCC/C1=C\C=C1/C=CN(C)c2ccccc21. The van der Waals surface area contributed by atoms with E-state index >= 15 is 0 Å². The van der Waals surface area contributed by atoms with Gasteiger partial charge in [-0.25, -0.2) is 0 Å². The molecule has 2 aromatic rings. The van der Waals surface area contributed by atoms with E-state index in [4.69, 9.17) is 0 Å². The Morgan fingerprint density at radius 3 is 2.65 bits per heavy atom. The molecule has 2 atom stereocenters. The van der Waals surface area contributed by atoms with Crippen LogP contribution in [0.25, 0.3) is 5.57 Å². The van der Waals surface area contributed by atoms with Crippen LogP contribution in [-0.2, 0) is 0 Å². The summed E-state index contributed by atoms with van der Waals surface area (Å²) in [6.45, 7) is 9.29. The fraction of sp³-hybridized carbons (Fsp3) is 0.310. The van der Waals surface area contributed by atoms with Crippen LogP contribution in [-0.4, -0.2) is 7.05 Å². The Hall–Kier alpha value is -2.45. The second-order valence-electron chi connectivity index (χ2n) is 8.83. The summed E-state index contributed by atoms with van der Waals surface area (Å²) >= 11 is 1.85. The van der Waals surface area contributed by atoms with Crippen LogP contribution >= 0.6 is 11.8 Å². The van der Waals surface area contributed by atoms with Gasteiger partial charge in [-0.15, -0.1) is 0 Å². The van der Waals surface area contributed by atoms with E-state index in [0.717, 1.165) is 6.42 Å². The van der Waals surface area contributed by atoms with Crippen molar-refractivity contribution in [2.24, 2.45) is 5.92 Å². The number of rotatable bonds is 1. The number of allylic oxidation sites excluding steroid dienone is 5. The quantitative estimate of drug-likeness (QED) is 0.448. The molecule has 0 fully saturated rings. The molecule has 4 rings (SSSR count). The summed E-state index contributed by atoms with van der Waals surface area (Å²) in [6.07, 6.45) is 13.8. The number of para-hydroxylation sites is 1. The van der Waals surface area contributed by atoms with Crippen LogP contribution in [0.1, 0.15) is 56.6 Å². The molecule has 0 saturated heterocycles. The molecule has 0 bridgehead atoms. The summed E-state index contributed by atoms with van der Waals surface area (Å²) in [7, 11) is 2.10. The predicted molar refractivity (Wildman–Crippen MR) is 138 cm³/mol. The van der Waals surface area contributed by atoms with Gasteiger partial charge in [-0.2, -0.15) is 0 Å². The molecular weight excluding hydrogens is 394 g/mol. The van der Waals surface area contributed by atoms with Crippen molar-refractivity contribution in [1.29, 1.82) is 0 Å². The first-order chi connectivity index (χ1) is 15.0. The number of anilines is 1. The van der Waals surface area contributed by atoms with Crippen molar-refractivity contribution < 1.29 is 0 Å². The van der Waals surface area contributed by atoms with Crippen LogP contribution < -0.4 is 4.90 Å². The van der Waals surface area contributed by atoms with Crippen molar-refractivity contribution in [3.05, 3.63) is 101 Å². The fourth-order valence-corrected chi connectivity index (χ4v) is 5.61. The minimum Gasteiger partial charge on any atom is -0.351 e. The molecule has 2 aliphatic heterocycles. The second kappa shape index (κ2) is 9.78. The largest absolute Gasteiger partial charge is 0.351 e. The van der Waals surface area contributed by atoms with E-state index in [1.807, 2.05) is 11.8 Å². The van der Waals surface area contributed by atoms with E-state index in [0.29, 0.717) is 11.8 Å². The molecule has 0 N–H and O–H groups in total. The van der Waals surface area contributed by atoms with Gasteiger partial charge >= 0.3 is 0 Å². The Labute approximate surface area is 192 Å². The highest BCUT2D eigenvalue weighted by atomic mass is 32.2. The Balaban J connectivity index is 1.66. The first kappa shape index (κ1) is 21.8. The maximum Gasteiger partial charge on any atom is 0.0483 e. The minimum absolute atomic E-state index is 0.574. The lowest BCUT2D eigenvalue weighted by Gasteiger charge is -2.23. The highest BCUT2D eigenvalue weighted by Gasteiger charge is 2.20. The molecule has 2 aromatic carbocycles. The van der Waals surface area contributed by atoms with Crippen molar-refractivity contribution in [2.45, 2.75) is 50.3 Å². The molecule has 0 radical (unpaired) electrons. The molecule has 2 heteroatoms. The highest BCUT2D eigenvalue weighted by Crippen LogP contribution is 2.41. The molecule has 0 spiro atoms.